The lowest BCUT2D eigenvalue weighted by Gasteiger charge is -2.53. The number of carboxylic acids is 1. The number of hydrogen-bond acceptors (Lipinski definition) is 4. The molecule has 208 valence electrons. The molecule has 0 radical (unpaired) electrons. The quantitative estimate of drug-likeness (QED) is 0.456. The largest absolute Gasteiger partial charge is 0.480 e. The van der Waals surface area contributed by atoms with Gasteiger partial charge < -0.3 is 9.67 Å². The van der Waals surface area contributed by atoms with E-state index in [2.05, 4.69) is 38.6 Å². The first-order valence-corrected chi connectivity index (χ1v) is 15.9. The van der Waals surface area contributed by atoms with E-state index in [9.17, 15) is 9.90 Å². The number of benzene rings is 1. The Hall–Kier alpha value is -1.92. The van der Waals surface area contributed by atoms with Gasteiger partial charge in [-0.05, 0) is 70.0 Å². The fraction of sp³-hybridized carbons (Fsp3) is 0.750. The van der Waals surface area contributed by atoms with Gasteiger partial charge in [-0.2, -0.15) is 0 Å². The molecule has 2 aromatic rings. The van der Waals surface area contributed by atoms with Gasteiger partial charge in [0, 0.05) is 24.2 Å². The number of aromatic nitrogens is 2. The van der Waals surface area contributed by atoms with Crippen molar-refractivity contribution in [2.45, 2.75) is 139 Å². The summed E-state index contributed by atoms with van der Waals surface area (Å²) < 4.78 is 2.59. The maximum Gasteiger partial charge on any atom is 0.317 e. The molecular formula is C32H48N4O2. The molecule has 1 N–H and O–H groups in total. The van der Waals surface area contributed by atoms with Gasteiger partial charge >= 0.3 is 5.97 Å². The topological polar surface area (TPSA) is 61.6 Å². The van der Waals surface area contributed by atoms with Crippen LogP contribution in [0.25, 0.3) is 11.0 Å². The molecule has 0 amide bonds. The summed E-state index contributed by atoms with van der Waals surface area (Å²) in [4.78, 5) is 22.2. The molecule has 3 unspecified atom stereocenters. The van der Waals surface area contributed by atoms with Crippen molar-refractivity contribution in [2.24, 2.45) is 0 Å². The number of para-hydroxylation sites is 2. The highest BCUT2D eigenvalue weighted by molar-refractivity contribution is 5.76. The Labute approximate surface area is 228 Å². The molecule has 4 fully saturated rings. The molecule has 6 heteroatoms. The van der Waals surface area contributed by atoms with Gasteiger partial charge in [0.05, 0.1) is 23.6 Å². The zero-order valence-electron chi connectivity index (χ0n) is 23.3. The number of carbonyl (C=O) groups is 1. The minimum Gasteiger partial charge on any atom is -0.480 e. The number of likely N-dealkylation sites (tertiary alicyclic amines) is 1. The maximum atomic E-state index is 11.7. The number of carboxylic acid groups (broad SMARTS) is 1. The summed E-state index contributed by atoms with van der Waals surface area (Å²) in [5.41, 5.74) is 2.32. The second-order valence-electron chi connectivity index (χ2n) is 12.7. The molecule has 4 aliphatic rings. The summed E-state index contributed by atoms with van der Waals surface area (Å²) in [7, 11) is 0. The second kappa shape index (κ2) is 12.1. The Morgan fingerprint density at radius 2 is 1.39 bits per heavy atom. The summed E-state index contributed by atoms with van der Waals surface area (Å²) in [5.74, 6) is 0.399. The summed E-state index contributed by atoms with van der Waals surface area (Å²) in [6, 6.07) is 11.3. The normalized spacial score (nSPS) is 30.8. The van der Waals surface area contributed by atoms with E-state index in [0.29, 0.717) is 18.1 Å². The van der Waals surface area contributed by atoms with Crippen LogP contribution < -0.4 is 0 Å². The lowest BCUT2D eigenvalue weighted by atomic mass is 9.79. The van der Waals surface area contributed by atoms with E-state index in [1.165, 1.54) is 95.4 Å². The lowest BCUT2D eigenvalue weighted by molar-refractivity contribution is -0.139. The van der Waals surface area contributed by atoms with Gasteiger partial charge in [0.2, 0.25) is 0 Å². The molecule has 38 heavy (non-hydrogen) atoms. The standard InChI is InChI=1S/C32H48N4O2/c37-31(38)23-34-20-11-10-19-30(34)32-33-28-17-8-9-18-29(28)36(32)27-21-25-15-12-16-26(22-27)35(25)24-13-6-4-2-1-3-5-7-14-24/h8-9,17-18,24-27,30H,1-7,10-16,19-23H2,(H,37,38). The number of fused-ring (bicyclic) bond motifs is 3. The number of rotatable bonds is 5. The van der Waals surface area contributed by atoms with Gasteiger partial charge in [0.25, 0.3) is 0 Å². The van der Waals surface area contributed by atoms with Crippen LogP contribution in [0.5, 0.6) is 0 Å². The average Bonchev–Trinajstić information content (AvgIpc) is 3.30. The number of hydrogen-bond donors (Lipinski definition) is 1. The Balaban J connectivity index is 1.30. The molecule has 3 saturated heterocycles. The first kappa shape index (κ1) is 26.3. The van der Waals surface area contributed by atoms with Gasteiger partial charge in [-0.1, -0.05) is 69.9 Å². The van der Waals surface area contributed by atoms with Crippen LogP contribution in [0.15, 0.2) is 24.3 Å². The Morgan fingerprint density at radius 3 is 2.11 bits per heavy atom. The van der Waals surface area contributed by atoms with Crippen molar-refractivity contribution in [3.8, 4) is 0 Å². The third-order valence-corrected chi connectivity index (χ3v) is 10.2. The van der Waals surface area contributed by atoms with E-state index in [4.69, 9.17) is 4.98 Å². The van der Waals surface area contributed by atoms with Crippen LogP contribution in [-0.4, -0.2) is 61.6 Å². The predicted octanol–water partition coefficient (Wildman–Crippen LogP) is 7.10. The smallest absolute Gasteiger partial charge is 0.317 e. The van der Waals surface area contributed by atoms with E-state index >= 15 is 0 Å². The Morgan fingerprint density at radius 1 is 0.763 bits per heavy atom. The van der Waals surface area contributed by atoms with Crippen LogP contribution in [0.2, 0.25) is 0 Å². The summed E-state index contributed by atoms with van der Waals surface area (Å²) in [6.07, 6.45) is 22.4. The SMILES string of the molecule is O=C(O)CN1CCCCC1c1nc2ccccc2n1C1CC2CCCC(C1)N2C1CCCCCCCCC1. The van der Waals surface area contributed by atoms with E-state index in [1.807, 2.05) is 0 Å². The molecule has 4 heterocycles. The van der Waals surface area contributed by atoms with Crippen molar-refractivity contribution in [2.75, 3.05) is 13.1 Å². The Bertz CT molecular complexity index is 1060. The van der Waals surface area contributed by atoms with E-state index in [0.717, 1.165) is 43.2 Å². The number of aliphatic carboxylic acids is 1. The first-order chi connectivity index (χ1) is 18.7. The number of nitrogens with zero attached hydrogens (tertiary/aromatic N) is 4. The monoisotopic (exact) mass is 520 g/mol. The summed E-state index contributed by atoms with van der Waals surface area (Å²) in [6.45, 7) is 0.963. The van der Waals surface area contributed by atoms with Crippen molar-refractivity contribution in [1.29, 1.82) is 0 Å². The highest BCUT2D eigenvalue weighted by Gasteiger charge is 2.43. The highest BCUT2D eigenvalue weighted by atomic mass is 16.4. The zero-order valence-corrected chi connectivity index (χ0v) is 23.3. The van der Waals surface area contributed by atoms with Crippen LogP contribution in [0, 0.1) is 0 Å². The van der Waals surface area contributed by atoms with Crippen LogP contribution >= 0.6 is 0 Å². The van der Waals surface area contributed by atoms with E-state index in [1.54, 1.807) is 0 Å². The van der Waals surface area contributed by atoms with Gasteiger partial charge in [0.15, 0.2) is 0 Å². The molecule has 1 aromatic carbocycles. The second-order valence-corrected chi connectivity index (χ2v) is 12.7. The highest BCUT2D eigenvalue weighted by Crippen LogP contribution is 2.45. The van der Waals surface area contributed by atoms with Crippen molar-refractivity contribution in [3.63, 3.8) is 0 Å². The number of imidazole rings is 1. The molecule has 3 aliphatic heterocycles. The van der Waals surface area contributed by atoms with E-state index in [-0.39, 0.29) is 12.6 Å². The van der Waals surface area contributed by atoms with Gasteiger partial charge in [-0.3, -0.25) is 14.6 Å². The molecule has 0 spiro atoms. The van der Waals surface area contributed by atoms with Gasteiger partial charge in [-0.25, -0.2) is 4.98 Å². The van der Waals surface area contributed by atoms with Crippen LogP contribution in [0.1, 0.15) is 127 Å². The van der Waals surface area contributed by atoms with Crippen molar-refractivity contribution < 1.29 is 9.90 Å². The predicted molar refractivity (Wildman–Crippen MR) is 152 cm³/mol. The average molecular weight is 521 g/mol. The van der Waals surface area contributed by atoms with Crippen LogP contribution in [-0.2, 0) is 4.79 Å². The molecule has 3 atom stereocenters. The van der Waals surface area contributed by atoms with Crippen molar-refractivity contribution in [1.82, 2.24) is 19.4 Å². The zero-order chi connectivity index (χ0) is 25.9. The van der Waals surface area contributed by atoms with Crippen molar-refractivity contribution in [3.05, 3.63) is 30.1 Å². The van der Waals surface area contributed by atoms with Crippen LogP contribution in [0.3, 0.4) is 0 Å². The third kappa shape index (κ3) is 5.54. The van der Waals surface area contributed by atoms with Crippen LogP contribution in [0.4, 0.5) is 0 Å². The molecule has 6 nitrogen and oxygen atoms in total. The minimum absolute atomic E-state index is 0.100. The van der Waals surface area contributed by atoms with E-state index < -0.39 is 5.97 Å². The van der Waals surface area contributed by atoms with Gasteiger partial charge in [-0.15, -0.1) is 0 Å². The minimum atomic E-state index is -0.729. The maximum absolute atomic E-state index is 11.7. The molecule has 1 saturated carbocycles. The van der Waals surface area contributed by atoms with Crippen molar-refractivity contribution >= 4 is 17.0 Å². The number of piperidine rings is 3. The lowest BCUT2D eigenvalue weighted by Crippen LogP contribution is -2.56. The molecular weight excluding hydrogens is 472 g/mol. The summed E-state index contributed by atoms with van der Waals surface area (Å²) >= 11 is 0. The summed E-state index contributed by atoms with van der Waals surface area (Å²) in [5, 5.41) is 9.65. The fourth-order valence-electron chi connectivity index (χ4n) is 8.61. The molecule has 6 rings (SSSR count). The first-order valence-electron chi connectivity index (χ1n) is 15.9. The molecule has 2 bridgehead atoms. The van der Waals surface area contributed by atoms with Gasteiger partial charge in [0.1, 0.15) is 5.82 Å². The molecule has 1 aliphatic carbocycles. The third-order valence-electron chi connectivity index (χ3n) is 10.2. The molecule has 1 aromatic heterocycles. The Kier molecular flexibility index (Phi) is 8.36. The fourth-order valence-corrected chi connectivity index (χ4v) is 8.61.